The molecule has 1 aromatic heterocycles. The highest BCUT2D eigenvalue weighted by atomic mass is 35.5. The van der Waals surface area contributed by atoms with Crippen LogP contribution < -0.4 is 5.43 Å². The molecule has 3 rings (SSSR count). The predicted molar refractivity (Wildman–Crippen MR) is 87.6 cm³/mol. The molecule has 2 aromatic rings. The Kier molecular flexibility index (Phi) is 4.63. The zero-order valence-electron chi connectivity index (χ0n) is 12.4. The van der Waals surface area contributed by atoms with Gasteiger partial charge in [-0.15, -0.1) is 0 Å². The van der Waals surface area contributed by atoms with Gasteiger partial charge in [-0.3, -0.25) is 9.59 Å². The van der Waals surface area contributed by atoms with Crippen LogP contribution in [0.15, 0.2) is 33.5 Å². The Morgan fingerprint density at radius 1 is 1.18 bits per heavy atom. The molecule has 0 bridgehead atoms. The third kappa shape index (κ3) is 3.41. The van der Waals surface area contributed by atoms with Crippen LogP contribution in [0.1, 0.15) is 55.5 Å². The first-order valence-electron chi connectivity index (χ1n) is 7.90. The summed E-state index contributed by atoms with van der Waals surface area (Å²) in [6.07, 6.45) is 7.62. The molecular weight excluding hydrogens is 300 g/mol. The summed E-state index contributed by atoms with van der Waals surface area (Å²) in [5.41, 5.74) is 0.197. The maximum Gasteiger partial charge on any atom is 0.198 e. The molecule has 0 saturated heterocycles. The van der Waals surface area contributed by atoms with Crippen molar-refractivity contribution in [1.82, 2.24) is 0 Å². The lowest BCUT2D eigenvalue weighted by Crippen LogP contribution is -2.11. The maximum atomic E-state index is 12.3. The number of carbonyl (C=O) groups excluding carboxylic acids is 1. The summed E-state index contributed by atoms with van der Waals surface area (Å²) in [5.74, 6) is 0.721. The van der Waals surface area contributed by atoms with E-state index in [0.29, 0.717) is 28.3 Å². The zero-order valence-corrected chi connectivity index (χ0v) is 13.2. The number of carbonyl (C=O) groups is 1. The van der Waals surface area contributed by atoms with Crippen molar-refractivity contribution < 1.29 is 9.21 Å². The van der Waals surface area contributed by atoms with Crippen LogP contribution in [-0.2, 0) is 0 Å². The van der Waals surface area contributed by atoms with E-state index < -0.39 is 0 Å². The van der Waals surface area contributed by atoms with Crippen molar-refractivity contribution in [3.8, 4) is 0 Å². The quantitative estimate of drug-likeness (QED) is 0.746. The summed E-state index contributed by atoms with van der Waals surface area (Å²) in [5, 5.41) is 0.896. The first kappa shape index (κ1) is 15.3. The van der Waals surface area contributed by atoms with Crippen molar-refractivity contribution in [3.63, 3.8) is 0 Å². The SMILES string of the molecule is O=C(CCC1CCCCC1)c1cc(=O)c2cc(Cl)ccc2o1. The monoisotopic (exact) mass is 318 g/mol. The fraction of sp³-hybridized carbons (Fsp3) is 0.444. The van der Waals surface area contributed by atoms with Gasteiger partial charge in [0.25, 0.3) is 0 Å². The van der Waals surface area contributed by atoms with Crippen molar-refractivity contribution in [2.24, 2.45) is 5.92 Å². The number of hydrogen-bond acceptors (Lipinski definition) is 3. The van der Waals surface area contributed by atoms with Gasteiger partial charge >= 0.3 is 0 Å². The van der Waals surface area contributed by atoms with Crippen LogP contribution >= 0.6 is 11.6 Å². The molecule has 0 aliphatic heterocycles. The number of fused-ring (bicyclic) bond motifs is 1. The molecule has 22 heavy (non-hydrogen) atoms. The van der Waals surface area contributed by atoms with E-state index in [1.54, 1.807) is 18.2 Å². The molecule has 116 valence electrons. The number of ketones is 1. The van der Waals surface area contributed by atoms with E-state index in [-0.39, 0.29) is 17.0 Å². The lowest BCUT2D eigenvalue weighted by molar-refractivity contribution is 0.0943. The molecule has 0 N–H and O–H groups in total. The maximum absolute atomic E-state index is 12.3. The highest BCUT2D eigenvalue weighted by molar-refractivity contribution is 6.31. The number of hydrogen-bond donors (Lipinski definition) is 0. The molecule has 1 aliphatic rings. The fourth-order valence-electron chi connectivity index (χ4n) is 3.20. The molecule has 1 aromatic carbocycles. The molecular formula is C18H19ClO3. The summed E-state index contributed by atoms with van der Waals surface area (Å²) in [6.45, 7) is 0. The Hall–Kier alpha value is -1.61. The lowest BCUT2D eigenvalue weighted by Gasteiger charge is -2.20. The number of halogens is 1. The smallest absolute Gasteiger partial charge is 0.198 e. The normalized spacial score (nSPS) is 16.0. The number of rotatable bonds is 4. The predicted octanol–water partition coefficient (Wildman–Crippen LogP) is 4.99. The molecule has 1 saturated carbocycles. The molecule has 0 spiro atoms. The second kappa shape index (κ2) is 6.66. The van der Waals surface area contributed by atoms with E-state index in [9.17, 15) is 9.59 Å². The second-order valence-electron chi connectivity index (χ2n) is 6.08. The third-order valence-corrected chi connectivity index (χ3v) is 4.70. The Labute approximate surface area is 134 Å². The minimum Gasteiger partial charge on any atom is -0.453 e. The Bertz CT molecular complexity index is 742. The van der Waals surface area contributed by atoms with Crippen LogP contribution in [0.5, 0.6) is 0 Å². The molecule has 0 radical (unpaired) electrons. The highest BCUT2D eigenvalue weighted by Gasteiger charge is 2.17. The van der Waals surface area contributed by atoms with E-state index in [4.69, 9.17) is 16.0 Å². The van der Waals surface area contributed by atoms with E-state index in [2.05, 4.69) is 0 Å². The molecule has 0 atom stereocenters. The van der Waals surface area contributed by atoms with Gasteiger partial charge in [0.1, 0.15) is 5.58 Å². The van der Waals surface area contributed by atoms with E-state index >= 15 is 0 Å². The van der Waals surface area contributed by atoms with Crippen LogP contribution in [0.2, 0.25) is 5.02 Å². The van der Waals surface area contributed by atoms with Gasteiger partial charge in [0.15, 0.2) is 17.0 Å². The van der Waals surface area contributed by atoms with E-state index in [1.165, 1.54) is 38.2 Å². The van der Waals surface area contributed by atoms with Crippen molar-refractivity contribution >= 4 is 28.4 Å². The minimum atomic E-state index is -0.218. The van der Waals surface area contributed by atoms with Gasteiger partial charge in [0, 0.05) is 17.5 Å². The molecule has 1 heterocycles. The highest BCUT2D eigenvalue weighted by Crippen LogP contribution is 2.28. The summed E-state index contributed by atoms with van der Waals surface area (Å²) >= 11 is 5.88. The topological polar surface area (TPSA) is 47.3 Å². The van der Waals surface area contributed by atoms with Crippen LogP contribution in [0.25, 0.3) is 11.0 Å². The van der Waals surface area contributed by atoms with Gasteiger partial charge in [0.05, 0.1) is 5.39 Å². The van der Waals surface area contributed by atoms with Crippen LogP contribution in [0, 0.1) is 5.92 Å². The molecule has 0 amide bonds. The van der Waals surface area contributed by atoms with Gasteiger partial charge in [-0.1, -0.05) is 43.7 Å². The molecule has 3 nitrogen and oxygen atoms in total. The van der Waals surface area contributed by atoms with E-state index in [0.717, 1.165) is 6.42 Å². The number of Topliss-reactive ketones (excluding diaryl/α,β-unsaturated/α-hetero) is 1. The van der Waals surface area contributed by atoms with Crippen LogP contribution in [0.3, 0.4) is 0 Å². The van der Waals surface area contributed by atoms with Crippen molar-refractivity contribution in [2.75, 3.05) is 0 Å². The van der Waals surface area contributed by atoms with Crippen LogP contribution in [-0.4, -0.2) is 5.78 Å². The summed E-state index contributed by atoms with van der Waals surface area (Å²) < 4.78 is 5.59. The molecule has 1 fully saturated rings. The number of benzene rings is 1. The average molecular weight is 319 g/mol. The van der Waals surface area contributed by atoms with Crippen molar-refractivity contribution in [1.29, 1.82) is 0 Å². The van der Waals surface area contributed by atoms with Gasteiger partial charge in [0.2, 0.25) is 0 Å². The van der Waals surface area contributed by atoms with Gasteiger partial charge in [-0.25, -0.2) is 0 Å². The van der Waals surface area contributed by atoms with E-state index in [1.807, 2.05) is 0 Å². The first-order chi connectivity index (χ1) is 10.6. The molecule has 4 heteroatoms. The fourth-order valence-corrected chi connectivity index (χ4v) is 3.37. The summed E-state index contributed by atoms with van der Waals surface area (Å²) in [4.78, 5) is 24.4. The summed E-state index contributed by atoms with van der Waals surface area (Å²) in [7, 11) is 0. The third-order valence-electron chi connectivity index (χ3n) is 4.47. The Morgan fingerprint density at radius 2 is 1.95 bits per heavy atom. The second-order valence-corrected chi connectivity index (χ2v) is 6.52. The molecule has 1 aliphatic carbocycles. The van der Waals surface area contributed by atoms with Gasteiger partial charge in [-0.2, -0.15) is 0 Å². The Balaban J connectivity index is 1.76. The lowest BCUT2D eigenvalue weighted by atomic mass is 9.85. The largest absolute Gasteiger partial charge is 0.453 e. The van der Waals surface area contributed by atoms with Crippen LogP contribution in [0.4, 0.5) is 0 Å². The van der Waals surface area contributed by atoms with Crippen molar-refractivity contribution in [2.45, 2.75) is 44.9 Å². The van der Waals surface area contributed by atoms with Gasteiger partial charge in [-0.05, 0) is 30.5 Å². The average Bonchev–Trinajstić information content (AvgIpc) is 2.54. The molecule has 0 unspecified atom stereocenters. The van der Waals surface area contributed by atoms with Crippen molar-refractivity contribution in [3.05, 3.63) is 45.3 Å². The standard InChI is InChI=1S/C18H19ClO3/c19-13-7-9-17-14(10-13)16(21)11-18(22-17)15(20)8-6-12-4-2-1-3-5-12/h7,9-12H,1-6,8H2. The minimum absolute atomic E-state index is 0.0838. The summed E-state index contributed by atoms with van der Waals surface area (Å²) in [6, 6.07) is 6.15. The van der Waals surface area contributed by atoms with Gasteiger partial charge < -0.3 is 4.42 Å². The Morgan fingerprint density at radius 3 is 2.73 bits per heavy atom. The first-order valence-corrected chi connectivity index (χ1v) is 8.28. The zero-order chi connectivity index (χ0) is 15.5.